The van der Waals surface area contributed by atoms with Gasteiger partial charge in [-0.2, -0.15) is 0 Å². The Bertz CT molecular complexity index is 210. The van der Waals surface area contributed by atoms with Gasteiger partial charge in [0.25, 0.3) is 0 Å². The molecule has 0 bridgehead atoms. The van der Waals surface area contributed by atoms with Crippen LogP contribution in [0.1, 0.15) is 6.92 Å². The monoisotopic (exact) mass is 167 g/mol. The van der Waals surface area contributed by atoms with Gasteiger partial charge in [0.1, 0.15) is 6.67 Å². The number of halogens is 1. The highest BCUT2D eigenvalue weighted by Gasteiger charge is 2.00. The molecule has 0 atom stereocenters. The largest absolute Gasteiger partial charge is 0.369 e. The summed E-state index contributed by atoms with van der Waals surface area (Å²) in [6, 6.07) is 9.90. The zero-order valence-corrected chi connectivity index (χ0v) is 7.33. The van der Waals surface area contributed by atoms with Crippen molar-refractivity contribution in [3.63, 3.8) is 0 Å². The SMILES string of the molecule is CCN(CCF)c1ccccc1. The summed E-state index contributed by atoms with van der Waals surface area (Å²) < 4.78 is 12.1. The minimum atomic E-state index is -0.289. The predicted molar refractivity (Wildman–Crippen MR) is 50.3 cm³/mol. The first kappa shape index (κ1) is 9.04. The number of rotatable bonds is 4. The Hall–Kier alpha value is -1.05. The van der Waals surface area contributed by atoms with E-state index < -0.39 is 0 Å². The van der Waals surface area contributed by atoms with Crippen molar-refractivity contribution >= 4 is 5.69 Å². The molecule has 0 saturated heterocycles. The van der Waals surface area contributed by atoms with Crippen LogP contribution in [0, 0.1) is 0 Å². The van der Waals surface area contributed by atoms with Crippen LogP contribution in [-0.4, -0.2) is 19.8 Å². The highest BCUT2D eigenvalue weighted by molar-refractivity contribution is 5.45. The lowest BCUT2D eigenvalue weighted by atomic mass is 10.3. The van der Waals surface area contributed by atoms with Crippen molar-refractivity contribution in [2.24, 2.45) is 0 Å². The molecule has 0 N–H and O–H groups in total. The molecule has 0 fully saturated rings. The number of hydrogen-bond acceptors (Lipinski definition) is 1. The quantitative estimate of drug-likeness (QED) is 0.666. The molecule has 1 nitrogen and oxygen atoms in total. The Morgan fingerprint density at radius 2 is 1.92 bits per heavy atom. The molecule has 1 aromatic rings. The van der Waals surface area contributed by atoms with Gasteiger partial charge in [0.2, 0.25) is 0 Å². The van der Waals surface area contributed by atoms with Crippen molar-refractivity contribution in [3.8, 4) is 0 Å². The molecule has 0 radical (unpaired) electrons. The fourth-order valence-corrected chi connectivity index (χ4v) is 1.21. The molecule has 0 unspecified atom stereocenters. The lowest BCUT2D eigenvalue weighted by Crippen LogP contribution is -2.24. The van der Waals surface area contributed by atoms with Crippen LogP contribution in [0.5, 0.6) is 0 Å². The summed E-state index contributed by atoms with van der Waals surface area (Å²) in [5, 5.41) is 0. The molecule has 12 heavy (non-hydrogen) atoms. The summed E-state index contributed by atoms with van der Waals surface area (Å²) in [6.45, 7) is 3.08. The Morgan fingerprint density at radius 3 is 2.42 bits per heavy atom. The van der Waals surface area contributed by atoms with Gasteiger partial charge in [-0.1, -0.05) is 18.2 Å². The van der Waals surface area contributed by atoms with Crippen LogP contribution >= 0.6 is 0 Å². The molecule has 0 amide bonds. The molecule has 0 aliphatic rings. The smallest absolute Gasteiger partial charge is 0.107 e. The fraction of sp³-hybridized carbons (Fsp3) is 0.400. The fourth-order valence-electron chi connectivity index (χ4n) is 1.21. The van der Waals surface area contributed by atoms with E-state index in [1.807, 2.05) is 42.2 Å². The van der Waals surface area contributed by atoms with Crippen LogP contribution in [-0.2, 0) is 0 Å². The molecule has 1 aromatic carbocycles. The average molecular weight is 167 g/mol. The third-order valence-corrected chi connectivity index (χ3v) is 1.86. The lowest BCUT2D eigenvalue weighted by molar-refractivity contribution is 0.492. The number of benzene rings is 1. The van der Waals surface area contributed by atoms with E-state index in [1.165, 1.54) is 0 Å². The van der Waals surface area contributed by atoms with Crippen LogP contribution in [0.2, 0.25) is 0 Å². The van der Waals surface area contributed by atoms with E-state index >= 15 is 0 Å². The van der Waals surface area contributed by atoms with Gasteiger partial charge in [0, 0.05) is 18.8 Å². The molecule has 2 heteroatoms. The predicted octanol–water partition coefficient (Wildman–Crippen LogP) is 2.48. The van der Waals surface area contributed by atoms with E-state index in [-0.39, 0.29) is 6.67 Å². The molecule has 1 rings (SSSR count). The van der Waals surface area contributed by atoms with Crippen molar-refractivity contribution in [2.45, 2.75) is 6.92 Å². The third-order valence-electron chi connectivity index (χ3n) is 1.86. The number of nitrogens with zero attached hydrogens (tertiary/aromatic N) is 1. The molecule has 66 valence electrons. The van der Waals surface area contributed by atoms with Gasteiger partial charge in [0.05, 0.1) is 0 Å². The minimum absolute atomic E-state index is 0.289. The first-order valence-electron chi connectivity index (χ1n) is 4.24. The number of hydrogen-bond donors (Lipinski definition) is 0. The molecule has 0 aliphatic carbocycles. The van der Waals surface area contributed by atoms with Crippen molar-refractivity contribution in [1.82, 2.24) is 0 Å². The summed E-state index contributed by atoms with van der Waals surface area (Å²) in [7, 11) is 0. The molecule has 0 aliphatic heterocycles. The Kier molecular flexibility index (Phi) is 3.58. The van der Waals surface area contributed by atoms with Gasteiger partial charge in [0.15, 0.2) is 0 Å². The van der Waals surface area contributed by atoms with E-state index in [1.54, 1.807) is 0 Å². The summed E-state index contributed by atoms with van der Waals surface area (Å²) in [4.78, 5) is 2.01. The standard InChI is InChI=1S/C10H14FN/c1-2-12(9-8-11)10-6-4-3-5-7-10/h3-7H,2,8-9H2,1H3. The summed E-state index contributed by atoms with van der Waals surface area (Å²) >= 11 is 0. The van der Waals surface area contributed by atoms with Gasteiger partial charge in [-0.05, 0) is 19.1 Å². The second kappa shape index (κ2) is 4.75. The molecular formula is C10H14FN. The second-order valence-electron chi connectivity index (χ2n) is 2.60. The van der Waals surface area contributed by atoms with Gasteiger partial charge in [-0.3, -0.25) is 0 Å². The Morgan fingerprint density at radius 1 is 1.25 bits per heavy atom. The van der Waals surface area contributed by atoms with Crippen LogP contribution in [0.25, 0.3) is 0 Å². The zero-order valence-electron chi connectivity index (χ0n) is 7.33. The van der Waals surface area contributed by atoms with E-state index in [4.69, 9.17) is 0 Å². The highest BCUT2D eigenvalue weighted by Crippen LogP contribution is 2.11. The average Bonchev–Trinajstić information content (AvgIpc) is 2.15. The highest BCUT2D eigenvalue weighted by atomic mass is 19.1. The van der Waals surface area contributed by atoms with Crippen LogP contribution in [0.4, 0.5) is 10.1 Å². The maximum absolute atomic E-state index is 12.1. The number of alkyl halides is 1. The number of para-hydroxylation sites is 1. The van der Waals surface area contributed by atoms with Gasteiger partial charge >= 0.3 is 0 Å². The summed E-state index contributed by atoms with van der Waals surface area (Å²) in [5.74, 6) is 0. The molecule has 0 spiro atoms. The molecule has 0 heterocycles. The minimum Gasteiger partial charge on any atom is -0.369 e. The van der Waals surface area contributed by atoms with Crippen LogP contribution < -0.4 is 4.90 Å². The third kappa shape index (κ3) is 2.22. The zero-order chi connectivity index (χ0) is 8.81. The second-order valence-corrected chi connectivity index (χ2v) is 2.60. The Balaban J connectivity index is 2.66. The first-order chi connectivity index (χ1) is 5.88. The normalized spacial score (nSPS) is 9.83. The maximum Gasteiger partial charge on any atom is 0.107 e. The van der Waals surface area contributed by atoms with Crippen molar-refractivity contribution < 1.29 is 4.39 Å². The van der Waals surface area contributed by atoms with Crippen LogP contribution in [0.15, 0.2) is 30.3 Å². The first-order valence-corrected chi connectivity index (χ1v) is 4.24. The lowest BCUT2D eigenvalue weighted by Gasteiger charge is -2.21. The Labute approximate surface area is 72.8 Å². The van der Waals surface area contributed by atoms with Crippen molar-refractivity contribution in [3.05, 3.63) is 30.3 Å². The topological polar surface area (TPSA) is 3.24 Å². The number of anilines is 1. The van der Waals surface area contributed by atoms with Crippen LogP contribution in [0.3, 0.4) is 0 Å². The summed E-state index contributed by atoms with van der Waals surface area (Å²) in [5.41, 5.74) is 1.10. The maximum atomic E-state index is 12.1. The molecule has 0 aromatic heterocycles. The van der Waals surface area contributed by atoms with E-state index in [2.05, 4.69) is 0 Å². The molecule has 0 saturated carbocycles. The van der Waals surface area contributed by atoms with E-state index in [9.17, 15) is 4.39 Å². The van der Waals surface area contributed by atoms with E-state index in [0.717, 1.165) is 12.2 Å². The van der Waals surface area contributed by atoms with Crippen molar-refractivity contribution in [2.75, 3.05) is 24.7 Å². The van der Waals surface area contributed by atoms with Gasteiger partial charge in [-0.15, -0.1) is 0 Å². The summed E-state index contributed by atoms with van der Waals surface area (Å²) in [6.07, 6.45) is 0. The van der Waals surface area contributed by atoms with E-state index in [0.29, 0.717) is 6.54 Å². The van der Waals surface area contributed by atoms with Gasteiger partial charge in [-0.25, -0.2) is 4.39 Å². The molecular weight excluding hydrogens is 153 g/mol. The van der Waals surface area contributed by atoms with Gasteiger partial charge < -0.3 is 4.90 Å². The van der Waals surface area contributed by atoms with Crippen molar-refractivity contribution in [1.29, 1.82) is 0 Å².